The van der Waals surface area contributed by atoms with Gasteiger partial charge in [-0.05, 0) is 48.9 Å². The summed E-state index contributed by atoms with van der Waals surface area (Å²) in [5.41, 5.74) is 1.24. The van der Waals surface area contributed by atoms with Gasteiger partial charge in [-0.25, -0.2) is 14.1 Å². The van der Waals surface area contributed by atoms with Crippen LogP contribution in [0.1, 0.15) is 18.1 Å². The highest BCUT2D eigenvalue weighted by Gasteiger charge is 2.35. The van der Waals surface area contributed by atoms with E-state index in [1.807, 2.05) is 25.1 Å². The number of nitrogens with zero attached hydrogens (tertiary/aromatic N) is 1. The largest absolute Gasteiger partial charge is 0.490 e. The van der Waals surface area contributed by atoms with Gasteiger partial charge in [0, 0.05) is 15.1 Å². The number of nitrogens with one attached hydrogen (secondary N) is 2. The quantitative estimate of drug-likeness (QED) is 0.240. The van der Waals surface area contributed by atoms with Crippen molar-refractivity contribution in [2.45, 2.75) is 13.5 Å². The molecule has 8 nitrogen and oxygen atoms in total. The minimum Gasteiger partial charge on any atom is -0.490 e. The molecule has 0 bridgehead atoms. The molecule has 3 aromatic rings. The van der Waals surface area contributed by atoms with Gasteiger partial charge in [0.1, 0.15) is 24.7 Å². The molecule has 0 unspecified atom stereocenters. The van der Waals surface area contributed by atoms with Crippen LogP contribution in [0.4, 0.5) is 14.9 Å². The number of imide groups is 1. The third-order valence-electron chi connectivity index (χ3n) is 5.42. The van der Waals surface area contributed by atoms with Gasteiger partial charge < -0.3 is 20.1 Å². The lowest BCUT2D eigenvalue weighted by molar-refractivity contribution is -0.127. The Balaban J connectivity index is 1.50. The van der Waals surface area contributed by atoms with Gasteiger partial charge in [0.05, 0.1) is 12.3 Å². The molecule has 1 heterocycles. The number of halogens is 3. The van der Waals surface area contributed by atoms with Crippen LogP contribution in [0.25, 0.3) is 6.08 Å². The SMILES string of the molecule is CCOc1cc(/C=C2/NC(=O)N(CC(=O)Nc3ccccc3F)C2=O)c(Br)cc1OCc1ccccc1Cl. The van der Waals surface area contributed by atoms with Crippen LogP contribution in [0.2, 0.25) is 5.02 Å². The van der Waals surface area contributed by atoms with E-state index in [-0.39, 0.29) is 18.0 Å². The Morgan fingerprint density at radius 1 is 1.11 bits per heavy atom. The maximum absolute atomic E-state index is 13.8. The molecule has 3 aromatic carbocycles. The number of para-hydroxylation sites is 1. The second-order valence-corrected chi connectivity index (χ2v) is 9.30. The Hall–Kier alpha value is -3.89. The fourth-order valence-corrected chi connectivity index (χ4v) is 4.21. The lowest BCUT2D eigenvalue weighted by Crippen LogP contribution is -2.38. The summed E-state index contributed by atoms with van der Waals surface area (Å²) in [6, 6.07) is 15.5. The number of hydrogen-bond donors (Lipinski definition) is 2. The topological polar surface area (TPSA) is 97.0 Å². The van der Waals surface area contributed by atoms with Crippen molar-refractivity contribution in [1.82, 2.24) is 10.2 Å². The van der Waals surface area contributed by atoms with Crippen LogP contribution >= 0.6 is 27.5 Å². The van der Waals surface area contributed by atoms with Gasteiger partial charge in [-0.3, -0.25) is 9.59 Å². The van der Waals surface area contributed by atoms with E-state index in [9.17, 15) is 18.8 Å². The molecule has 4 rings (SSSR count). The summed E-state index contributed by atoms with van der Waals surface area (Å²) in [6.45, 7) is 1.81. The molecule has 196 valence electrons. The van der Waals surface area contributed by atoms with E-state index < -0.39 is 30.2 Å². The summed E-state index contributed by atoms with van der Waals surface area (Å²) >= 11 is 9.69. The Morgan fingerprint density at radius 2 is 1.82 bits per heavy atom. The van der Waals surface area contributed by atoms with Crippen LogP contribution < -0.4 is 20.1 Å². The molecule has 0 radical (unpaired) electrons. The first-order chi connectivity index (χ1) is 18.3. The highest BCUT2D eigenvalue weighted by Crippen LogP contribution is 2.36. The van der Waals surface area contributed by atoms with Crippen molar-refractivity contribution in [1.29, 1.82) is 0 Å². The number of carbonyl (C=O) groups is 3. The summed E-state index contributed by atoms with van der Waals surface area (Å²) in [4.78, 5) is 38.4. The lowest BCUT2D eigenvalue weighted by atomic mass is 10.1. The van der Waals surface area contributed by atoms with E-state index in [4.69, 9.17) is 21.1 Å². The molecule has 11 heteroatoms. The van der Waals surface area contributed by atoms with E-state index in [0.717, 1.165) is 10.5 Å². The van der Waals surface area contributed by atoms with Crippen LogP contribution in [-0.4, -0.2) is 35.9 Å². The molecule has 1 fully saturated rings. The molecular formula is C27H22BrClFN3O5. The molecular weight excluding hydrogens is 581 g/mol. The molecule has 2 N–H and O–H groups in total. The molecule has 1 aliphatic heterocycles. The Morgan fingerprint density at radius 3 is 2.55 bits per heavy atom. The van der Waals surface area contributed by atoms with E-state index in [1.54, 1.807) is 24.3 Å². The second-order valence-electron chi connectivity index (χ2n) is 8.04. The Labute approximate surface area is 231 Å². The van der Waals surface area contributed by atoms with Crippen molar-refractivity contribution < 1.29 is 28.2 Å². The van der Waals surface area contributed by atoms with Gasteiger partial charge in [-0.2, -0.15) is 0 Å². The van der Waals surface area contributed by atoms with E-state index >= 15 is 0 Å². The average Bonchev–Trinajstić information content (AvgIpc) is 3.14. The zero-order chi connectivity index (χ0) is 27.2. The standard InChI is InChI=1S/C27H22BrClFN3O5/c1-2-37-23-12-17(18(28)13-24(23)38-15-16-7-3-4-8-19(16)29)11-22-26(35)33(27(36)32-22)14-25(34)31-21-10-6-5-9-20(21)30/h3-13H,2,14-15H2,1H3,(H,31,34)(H,32,36)/b22-11+. The lowest BCUT2D eigenvalue weighted by Gasteiger charge is -2.15. The van der Waals surface area contributed by atoms with Crippen LogP contribution in [0.15, 0.2) is 70.8 Å². The van der Waals surface area contributed by atoms with E-state index in [0.29, 0.717) is 33.2 Å². The molecule has 0 spiro atoms. The molecule has 4 amide bonds. The smallest absolute Gasteiger partial charge is 0.329 e. The summed E-state index contributed by atoms with van der Waals surface area (Å²) in [5, 5.41) is 5.40. The summed E-state index contributed by atoms with van der Waals surface area (Å²) in [5.74, 6) is -1.18. The third-order valence-corrected chi connectivity index (χ3v) is 6.47. The maximum Gasteiger partial charge on any atom is 0.329 e. The van der Waals surface area contributed by atoms with Crippen molar-refractivity contribution in [3.63, 3.8) is 0 Å². The second kappa shape index (κ2) is 12.1. The molecule has 38 heavy (non-hydrogen) atoms. The summed E-state index contributed by atoms with van der Waals surface area (Å²) in [6.07, 6.45) is 1.46. The number of ether oxygens (including phenoxy) is 2. The first-order valence-corrected chi connectivity index (χ1v) is 12.7. The minimum atomic E-state index is -0.772. The minimum absolute atomic E-state index is 0.0402. The van der Waals surface area contributed by atoms with Crippen molar-refractivity contribution in [2.24, 2.45) is 0 Å². The Bertz CT molecular complexity index is 1430. The average molecular weight is 603 g/mol. The molecule has 0 aromatic heterocycles. The zero-order valence-electron chi connectivity index (χ0n) is 20.1. The van der Waals surface area contributed by atoms with Crippen molar-refractivity contribution >= 4 is 57.1 Å². The zero-order valence-corrected chi connectivity index (χ0v) is 22.4. The number of urea groups is 1. The van der Waals surface area contributed by atoms with Gasteiger partial charge in [-0.1, -0.05) is 57.9 Å². The fraction of sp³-hybridized carbons (Fsp3) is 0.148. The van der Waals surface area contributed by atoms with Crippen molar-refractivity contribution in [3.05, 3.63) is 92.8 Å². The molecule has 1 aliphatic rings. The van der Waals surface area contributed by atoms with Gasteiger partial charge >= 0.3 is 6.03 Å². The fourth-order valence-electron chi connectivity index (χ4n) is 3.58. The third kappa shape index (κ3) is 6.32. The molecule has 0 atom stereocenters. The first kappa shape index (κ1) is 27.2. The normalized spacial score (nSPS) is 14.0. The van der Waals surface area contributed by atoms with Gasteiger partial charge in [0.25, 0.3) is 5.91 Å². The van der Waals surface area contributed by atoms with Crippen LogP contribution in [-0.2, 0) is 16.2 Å². The number of carbonyl (C=O) groups excluding carboxylic acids is 3. The maximum atomic E-state index is 13.8. The van der Waals surface area contributed by atoms with Crippen molar-refractivity contribution in [2.75, 3.05) is 18.5 Å². The molecule has 0 saturated carbocycles. The molecule has 1 saturated heterocycles. The Kier molecular flexibility index (Phi) is 8.65. The van der Waals surface area contributed by atoms with Crippen LogP contribution in [0.3, 0.4) is 0 Å². The molecule has 0 aliphatic carbocycles. The van der Waals surface area contributed by atoms with E-state index in [1.165, 1.54) is 24.3 Å². The number of rotatable bonds is 9. The first-order valence-electron chi connectivity index (χ1n) is 11.5. The van der Waals surface area contributed by atoms with Gasteiger partial charge in [0.2, 0.25) is 5.91 Å². The van der Waals surface area contributed by atoms with Crippen LogP contribution in [0.5, 0.6) is 11.5 Å². The number of hydrogen-bond acceptors (Lipinski definition) is 5. The van der Waals surface area contributed by atoms with E-state index in [2.05, 4.69) is 26.6 Å². The summed E-state index contributed by atoms with van der Waals surface area (Å²) in [7, 11) is 0. The van der Waals surface area contributed by atoms with Crippen molar-refractivity contribution in [3.8, 4) is 11.5 Å². The van der Waals surface area contributed by atoms with Gasteiger partial charge in [0.15, 0.2) is 11.5 Å². The number of amides is 4. The highest BCUT2D eigenvalue weighted by molar-refractivity contribution is 9.10. The summed E-state index contributed by atoms with van der Waals surface area (Å²) < 4.78 is 26.1. The van der Waals surface area contributed by atoms with Gasteiger partial charge in [-0.15, -0.1) is 0 Å². The monoisotopic (exact) mass is 601 g/mol. The predicted molar refractivity (Wildman–Crippen MR) is 144 cm³/mol. The number of anilines is 1. The predicted octanol–water partition coefficient (Wildman–Crippen LogP) is 5.75. The highest BCUT2D eigenvalue weighted by atomic mass is 79.9. The number of benzene rings is 3. The van der Waals surface area contributed by atoms with Crippen LogP contribution in [0, 0.1) is 5.82 Å².